The van der Waals surface area contributed by atoms with E-state index in [9.17, 15) is 4.79 Å². The lowest BCUT2D eigenvalue weighted by atomic mass is 10.2. The van der Waals surface area contributed by atoms with Crippen LogP contribution in [0.25, 0.3) is 11.4 Å². The van der Waals surface area contributed by atoms with Gasteiger partial charge >= 0.3 is 0 Å². The highest BCUT2D eigenvalue weighted by Gasteiger charge is 2.10. The number of nitrogens with one attached hydrogen (secondary N) is 1. The fourth-order valence-corrected chi connectivity index (χ4v) is 2.91. The first kappa shape index (κ1) is 18.0. The highest BCUT2D eigenvalue weighted by atomic mass is 32.2. The van der Waals surface area contributed by atoms with Crippen LogP contribution in [0.2, 0.25) is 0 Å². The summed E-state index contributed by atoms with van der Waals surface area (Å²) in [6.45, 7) is 2.01. The fraction of sp³-hybridized carbons (Fsp3) is 0.211. The maximum Gasteiger partial charge on any atom is 0.236 e. The summed E-state index contributed by atoms with van der Waals surface area (Å²) in [5, 5.41) is 6.84. The van der Waals surface area contributed by atoms with Gasteiger partial charge in [-0.2, -0.15) is 4.98 Å². The predicted molar refractivity (Wildman–Crippen MR) is 102 cm³/mol. The second-order valence-electron chi connectivity index (χ2n) is 5.65. The van der Waals surface area contributed by atoms with Crippen LogP contribution in [0, 0.1) is 6.92 Å². The maximum atomic E-state index is 12.0. The molecule has 2 aromatic carbocycles. The van der Waals surface area contributed by atoms with E-state index in [4.69, 9.17) is 9.26 Å². The Morgan fingerprint density at radius 3 is 2.81 bits per heavy atom. The van der Waals surface area contributed by atoms with Gasteiger partial charge in [-0.05, 0) is 31.2 Å². The van der Waals surface area contributed by atoms with Gasteiger partial charge in [0.05, 0.1) is 18.6 Å². The average molecular weight is 369 g/mol. The van der Waals surface area contributed by atoms with Gasteiger partial charge in [-0.25, -0.2) is 0 Å². The van der Waals surface area contributed by atoms with Crippen LogP contribution in [-0.2, 0) is 10.5 Å². The quantitative estimate of drug-likeness (QED) is 0.680. The Hall–Kier alpha value is -2.80. The minimum Gasteiger partial charge on any atom is -0.497 e. The number of anilines is 1. The lowest BCUT2D eigenvalue weighted by molar-refractivity contribution is -0.113. The van der Waals surface area contributed by atoms with E-state index in [0.29, 0.717) is 23.2 Å². The van der Waals surface area contributed by atoms with Crippen molar-refractivity contribution in [2.75, 3.05) is 18.2 Å². The number of amides is 1. The average Bonchev–Trinajstić information content (AvgIpc) is 3.13. The molecule has 0 unspecified atom stereocenters. The number of hydrogen-bond acceptors (Lipinski definition) is 6. The molecule has 0 radical (unpaired) electrons. The van der Waals surface area contributed by atoms with Crippen molar-refractivity contribution in [3.63, 3.8) is 0 Å². The summed E-state index contributed by atoms with van der Waals surface area (Å²) in [4.78, 5) is 16.3. The number of methoxy groups -OCH3 is 1. The molecule has 0 spiro atoms. The van der Waals surface area contributed by atoms with Crippen molar-refractivity contribution in [2.45, 2.75) is 12.7 Å². The lowest BCUT2D eigenvalue weighted by Crippen LogP contribution is -2.14. The Bertz CT molecular complexity index is 878. The topological polar surface area (TPSA) is 77.2 Å². The van der Waals surface area contributed by atoms with Gasteiger partial charge in [-0.1, -0.05) is 35.0 Å². The van der Waals surface area contributed by atoms with Gasteiger partial charge in [0.2, 0.25) is 17.6 Å². The molecule has 0 atom stereocenters. The van der Waals surface area contributed by atoms with Crippen LogP contribution in [0.5, 0.6) is 5.75 Å². The Labute approximate surface area is 156 Å². The highest BCUT2D eigenvalue weighted by Crippen LogP contribution is 2.22. The zero-order valence-electron chi connectivity index (χ0n) is 14.6. The molecule has 1 N–H and O–H groups in total. The molecule has 0 aliphatic carbocycles. The molecule has 3 aromatic rings. The molecule has 3 rings (SSSR count). The molecule has 0 saturated heterocycles. The third kappa shape index (κ3) is 4.86. The Balaban J connectivity index is 1.50. The molecule has 6 nitrogen and oxygen atoms in total. The summed E-state index contributed by atoms with van der Waals surface area (Å²) in [5.74, 6) is 2.44. The van der Waals surface area contributed by atoms with Gasteiger partial charge in [0.25, 0.3) is 0 Å². The van der Waals surface area contributed by atoms with E-state index in [1.54, 1.807) is 7.11 Å². The van der Waals surface area contributed by atoms with Crippen molar-refractivity contribution in [1.29, 1.82) is 0 Å². The van der Waals surface area contributed by atoms with Crippen molar-refractivity contribution in [3.8, 4) is 17.1 Å². The van der Waals surface area contributed by atoms with E-state index in [0.717, 1.165) is 22.6 Å². The number of ether oxygens (including phenoxy) is 1. The molecule has 0 fully saturated rings. The van der Waals surface area contributed by atoms with E-state index >= 15 is 0 Å². The first-order valence-electron chi connectivity index (χ1n) is 8.05. The van der Waals surface area contributed by atoms with Crippen molar-refractivity contribution in [3.05, 3.63) is 60.0 Å². The molecule has 1 heterocycles. The van der Waals surface area contributed by atoms with E-state index < -0.39 is 0 Å². The van der Waals surface area contributed by atoms with E-state index in [2.05, 4.69) is 15.5 Å². The summed E-state index contributed by atoms with van der Waals surface area (Å²) in [6.07, 6.45) is 0. The van der Waals surface area contributed by atoms with E-state index in [1.807, 2.05) is 55.5 Å². The van der Waals surface area contributed by atoms with Crippen LogP contribution in [0.3, 0.4) is 0 Å². The molecule has 0 bridgehead atoms. The van der Waals surface area contributed by atoms with Gasteiger partial charge in [0.15, 0.2) is 0 Å². The summed E-state index contributed by atoms with van der Waals surface area (Å²) in [6, 6.07) is 15.1. The molecule has 1 aromatic heterocycles. The van der Waals surface area contributed by atoms with Crippen molar-refractivity contribution in [1.82, 2.24) is 10.1 Å². The van der Waals surface area contributed by atoms with Gasteiger partial charge in [-0.15, -0.1) is 11.8 Å². The summed E-state index contributed by atoms with van der Waals surface area (Å²) >= 11 is 1.42. The Morgan fingerprint density at radius 2 is 2.04 bits per heavy atom. The van der Waals surface area contributed by atoms with Crippen LogP contribution < -0.4 is 10.1 Å². The number of aryl methyl sites for hydroxylation is 1. The second-order valence-corrected chi connectivity index (χ2v) is 6.64. The normalized spacial score (nSPS) is 10.5. The summed E-state index contributed by atoms with van der Waals surface area (Å²) < 4.78 is 10.4. The molecular weight excluding hydrogens is 350 g/mol. The fourth-order valence-electron chi connectivity index (χ4n) is 2.26. The van der Waals surface area contributed by atoms with Gasteiger partial charge in [0.1, 0.15) is 5.75 Å². The van der Waals surface area contributed by atoms with Crippen molar-refractivity contribution < 1.29 is 14.1 Å². The number of carbonyl (C=O) groups is 1. The standard InChI is InChI=1S/C19H19N3O3S/c1-13-6-8-15(9-7-13)20-17(23)11-26-12-18-21-19(22-25-18)14-4-3-5-16(10-14)24-2/h3-10H,11-12H2,1-2H3,(H,20,23). The largest absolute Gasteiger partial charge is 0.497 e. The lowest BCUT2D eigenvalue weighted by Gasteiger charge is -2.04. The number of benzene rings is 2. The number of rotatable bonds is 7. The number of aromatic nitrogens is 2. The van der Waals surface area contributed by atoms with E-state index in [1.165, 1.54) is 11.8 Å². The first-order chi connectivity index (χ1) is 12.6. The third-order valence-electron chi connectivity index (χ3n) is 3.59. The molecule has 134 valence electrons. The number of hydrogen-bond donors (Lipinski definition) is 1. The molecule has 0 aliphatic rings. The van der Waals surface area contributed by atoms with Crippen LogP contribution in [0.15, 0.2) is 53.1 Å². The van der Waals surface area contributed by atoms with E-state index in [-0.39, 0.29) is 5.91 Å². The zero-order chi connectivity index (χ0) is 18.4. The van der Waals surface area contributed by atoms with Crippen LogP contribution in [-0.4, -0.2) is 28.9 Å². The molecular formula is C19H19N3O3S. The number of nitrogens with zero attached hydrogens (tertiary/aromatic N) is 2. The zero-order valence-corrected chi connectivity index (χ0v) is 15.4. The monoisotopic (exact) mass is 369 g/mol. The molecule has 7 heteroatoms. The molecule has 0 aliphatic heterocycles. The second kappa shape index (κ2) is 8.53. The smallest absolute Gasteiger partial charge is 0.236 e. The Morgan fingerprint density at radius 1 is 1.23 bits per heavy atom. The minimum atomic E-state index is -0.0635. The third-order valence-corrected chi connectivity index (χ3v) is 4.51. The SMILES string of the molecule is COc1cccc(-c2noc(CSCC(=O)Nc3ccc(C)cc3)n2)c1. The van der Waals surface area contributed by atoms with Crippen molar-refractivity contribution in [2.24, 2.45) is 0 Å². The van der Waals surface area contributed by atoms with Gasteiger partial charge in [0, 0.05) is 11.3 Å². The molecule has 26 heavy (non-hydrogen) atoms. The Kier molecular flexibility index (Phi) is 5.91. The van der Waals surface area contributed by atoms with Crippen molar-refractivity contribution >= 4 is 23.4 Å². The van der Waals surface area contributed by atoms with Crippen LogP contribution >= 0.6 is 11.8 Å². The van der Waals surface area contributed by atoms with Gasteiger partial charge < -0.3 is 14.6 Å². The van der Waals surface area contributed by atoms with Gasteiger partial charge in [-0.3, -0.25) is 4.79 Å². The number of thioether (sulfide) groups is 1. The molecule has 1 amide bonds. The van der Waals surface area contributed by atoms with Crippen LogP contribution in [0.4, 0.5) is 5.69 Å². The molecule has 0 saturated carbocycles. The predicted octanol–water partition coefficient (Wildman–Crippen LogP) is 3.93. The highest BCUT2D eigenvalue weighted by molar-refractivity contribution is 7.99. The maximum absolute atomic E-state index is 12.0. The number of carbonyl (C=O) groups excluding carboxylic acids is 1. The summed E-state index contributed by atoms with van der Waals surface area (Å²) in [5.41, 5.74) is 2.77. The summed E-state index contributed by atoms with van der Waals surface area (Å²) in [7, 11) is 1.61. The van der Waals surface area contributed by atoms with Crippen LogP contribution in [0.1, 0.15) is 11.5 Å². The first-order valence-corrected chi connectivity index (χ1v) is 9.21. The minimum absolute atomic E-state index is 0.0635.